The summed E-state index contributed by atoms with van der Waals surface area (Å²) in [4.78, 5) is 4.43. The second-order valence-corrected chi connectivity index (χ2v) is 9.10. The fraction of sp³-hybridized carbons (Fsp3) is 0. The van der Waals surface area contributed by atoms with Crippen LogP contribution in [0.2, 0.25) is 5.02 Å². The summed E-state index contributed by atoms with van der Waals surface area (Å²) in [5, 5.41) is 2.97. The minimum absolute atomic E-state index is 0.665. The Kier molecular flexibility index (Phi) is 4.79. The summed E-state index contributed by atoms with van der Waals surface area (Å²) in [6.07, 6.45) is 0. The molecule has 0 aromatic heterocycles. The molecule has 1 heterocycles. The van der Waals surface area contributed by atoms with E-state index in [0.717, 1.165) is 43.7 Å². The standard InChI is InChI=1S/C28H18ClNOS/c29-20-15-16-25-24(18-20)31-28-26(32-25)17-19-9-7-8-14-23(19)27(28)30(21-10-3-1-4-11-21)22-12-5-2-6-13-22/h1-18H. The first-order valence-electron chi connectivity index (χ1n) is 10.4. The Labute approximate surface area is 196 Å². The monoisotopic (exact) mass is 451 g/mol. The van der Waals surface area contributed by atoms with Gasteiger partial charge in [0, 0.05) is 27.8 Å². The number of hydrogen-bond acceptors (Lipinski definition) is 3. The predicted octanol–water partition coefficient (Wildman–Crippen LogP) is 9.22. The van der Waals surface area contributed by atoms with Gasteiger partial charge in [-0.3, -0.25) is 0 Å². The number of halogens is 1. The smallest absolute Gasteiger partial charge is 0.166 e. The number of fused-ring (bicyclic) bond motifs is 3. The molecule has 0 saturated carbocycles. The van der Waals surface area contributed by atoms with Crippen LogP contribution in [0.3, 0.4) is 0 Å². The molecule has 6 rings (SSSR count). The molecule has 0 bridgehead atoms. The van der Waals surface area contributed by atoms with E-state index in [9.17, 15) is 0 Å². The maximum atomic E-state index is 6.57. The first kappa shape index (κ1) is 19.3. The number of para-hydroxylation sites is 2. The van der Waals surface area contributed by atoms with Crippen molar-refractivity contribution >= 4 is 51.2 Å². The third-order valence-corrected chi connectivity index (χ3v) is 6.85. The molecule has 5 aromatic rings. The van der Waals surface area contributed by atoms with Crippen LogP contribution >= 0.6 is 23.4 Å². The molecule has 0 radical (unpaired) electrons. The molecule has 0 aliphatic carbocycles. The van der Waals surface area contributed by atoms with E-state index in [4.69, 9.17) is 16.3 Å². The quantitative estimate of drug-likeness (QED) is 0.266. The van der Waals surface area contributed by atoms with Crippen molar-refractivity contribution in [1.82, 2.24) is 0 Å². The van der Waals surface area contributed by atoms with Crippen molar-refractivity contribution in [2.75, 3.05) is 4.90 Å². The second-order valence-electron chi connectivity index (χ2n) is 7.58. The van der Waals surface area contributed by atoms with Gasteiger partial charge in [-0.1, -0.05) is 84.0 Å². The normalized spacial score (nSPS) is 12.0. The summed E-state index contributed by atoms with van der Waals surface area (Å²) < 4.78 is 6.57. The van der Waals surface area contributed by atoms with Gasteiger partial charge in [-0.15, -0.1) is 0 Å². The summed E-state index contributed by atoms with van der Waals surface area (Å²) in [5.41, 5.74) is 3.17. The summed E-state index contributed by atoms with van der Waals surface area (Å²) in [5.74, 6) is 1.63. The zero-order valence-corrected chi connectivity index (χ0v) is 18.6. The zero-order chi connectivity index (χ0) is 21.5. The van der Waals surface area contributed by atoms with Gasteiger partial charge in [-0.2, -0.15) is 0 Å². The van der Waals surface area contributed by atoms with Crippen molar-refractivity contribution in [2.45, 2.75) is 9.79 Å². The summed E-state index contributed by atoms with van der Waals surface area (Å²) in [6.45, 7) is 0. The molecule has 1 aliphatic heterocycles. The molecular weight excluding hydrogens is 434 g/mol. The molecule has 154 valence electrons. The van der Waals surface area contributed by atoms with Crippen LogP contribution in [0.1, 0.15) is 0 Å². The van der Waals surface area contributed by atoms with E-state index in [-0.39, 0.29) is 0 Å². The number of nitrogens with zero attached hydrogens (tertiary/aromatic N) is 1. The van der Waals surface area contributed by atoms with Gasteiger partial charge in [0.25, 0.3) is 0 Å². The van der Waals surface area contributed by atoms with Gasteiger partial charge >= 0.3 is 0 Å². The number of benzene rings is 5. The van der Waals surface area contributed by atoms with Crippen molar-refractivity contribution in [2.24, 2.45) is 0 Å². The fourth-order valence-electron chi connectivity index (χ4n) is 4.12. The van der Waals surface area contributed by atoms with Crippen LogP contribution < -0.4 is 9.64 Å². The molecule has 32 heavy (non-hydrogen) atoms. The van der Waals surface area contributed by atoms with Crippen LogP contribution in [0.4, 0.5) is 17.1 Å². The number of hydrogen-bond donors (Lipinski definition) is 0. The van der Waals surface area contributed by atoms with Crippen molar-refractivity contribution in [3.8, 4) is 11.5 Å². The topological polar surface area (TPSA) is 12.5 Å². The summed E-state index contributed by atoms with van der Waals surface area (Å²) in [7, 11) is 0. The van der Waals surface area contributed by atoms with E-state index in [1.165, 1.54) is 5.39 Å². The van der Waals surface area contributed by atoms with Crippen LogP contribution in [0.15, 0.2) is 119 Å². The molecule has 0 atom stereocenters. The lowest BCUT2D eigenvalue weighted by atomic mass is 10.0. The Morgan fingerprint density at radius 2 is 1.31 bits per heavy atom. The molecule has 0 spiro atoms. The first-order chi connectivity index (χ1) is 15.8. The third-order valence-electron chi connectivity index (χ3n) is 5.53. The molecule has 0 unspecified atom stereocenters. The molecule has 2 nitrogen and oxygen atoms in total. The van der Waals surface area contributed by atoms with Crippen LogP contribution in [0, 0.1) is 0 Å². The Morgan fingerprint density at radius 3 is 2.03 bits per heavy atom. The van der Waals surface area contributed by atoms with Crippen molar-refractivity contribution in [3.05, 3.63) is 114 Å². The van der Waals surface area contributed by atoms with E-state index in [0.29, 0.717) is 5.02 Å². The van der Waals surface area contributed by atoms with Gasteiger partial charge in [0.05, 0.1) is 15.5 Å². The molecule has 0 N–H and O–H groups in total. The molecular formula is C28H18ClNOS. The molecule has 1 aliphatic rings. The fourth-order valence-corrected chi connectivity index (χ4v) is 5.27. The van der Waals surface area contributed by atoms with E-state index in [2.05, 4.69) is 83.8 Å². The van der Waals surface area contributed by atoms with E-state index < -0.39 is 0 Å². The molecule has 0 amide bonds. The Morgan fingerprint density at radius 1 is 0.656 bits per heavy atom. The summed E-state index contributed by atoms with van der Waals surface area (Å²) in [6, 6.07) is 37.3. The van der Waals surface area contributed by atoms with E-state index in [1.54, 1.807) is 11.8 Å². The van der Waals surface area contributed by atoms with Crippen molar-refractivity contribution in [1.29, 1.82) is 0 Å². The van der Waals surface area contributed by atoms with Crippen LogP contribution in [0.5, 0.6) is 11.5 Å². The van der Waals surface area contributed by atoms with Crippen molar-refractivity contribution < 1.29 is 4.74 Å². The third kappa shape index (κ3) is 3.31. The average molecular weight is 452 g/mol. The molecule has 4 heteroatoms. The second kappa shape index (κ2) is 7.94. The van der Waals surface area contributed by atoms with Gasteiger partial charge in [-0.05, 0) is 47.9 Å². The molecule has 5 aromatic carbocycles. The highest BCUT2D eigenvalue weighted by molar-refractivity contribution is 7.99. The van der Waals surface area contributed by atoms with Crippen LogP contribution in [0.25, 0.3) is 10.8 Å². The highest BCUT2D eigenvalue weighted by Crippen LogP contribution is 2.56. The van der Waals surface area contributed by atoms with Gasteiger partial charge in [-0.25, -0.2) is 0 Å². The minimum Gasteiger partial charge on any atom is -0.453 e. The summed E-state index contributed by atoms with van der Waals surface area (Å²) >= 11 is 8.01. The van der Waals surface area contributed by atoms with Crippen LogP contribution in [-0.2, 0) is 0 Å². The van der Waals surface area contributed by atoms with Gasteiger partial charge in [0.1, 0.15) is 5.75 Å². The van der Waals surface area contributed by atoms with E-state index in [1.807, 2.05) is 30.3 Å². The highest BCUT2D eigenvalue weighted by atomic mass is 35.5. The largest absolute Gasteiger partial charge is 0.453 e. The SMILES string of the molecule is Clc1ccc2c(c1)Oc1c(cc3ccccc3c1N(c1ccccc1)c1ccccc1)S2. The lowest BCUT2D eigenvalue weighted by Gasteiger charge is -2.31. The number of rotatable bonds is 3. The van der Waals surface area contributed by atoms with Gasteiger partial charge in [0.15, 0.2) is 5.75 Å². The lowest BCUT2D eigenvalue weighted by Crippen LogP contribution is -2.13. The zero-order valence-electron chi connectivity index (χ0n) is 17.0. The minimum atomic E-state index is 0.665. The lowest BCUT2D eigenvalue weighted by molar-refractivity contribution is 0.456. The van der Waals surface area contributed by atoms with E-state index >= 15 is 0 Å². The Balaban J connectivity index is 1.67. The Bertz CT molecular complexity index is 1400. The predicted molar refractivity (Wildman–Crippen MR) is 134 cm³/mol. The number of anilines is 3. The van der Waals surface area contributed by atoms with Crippen LogP contribution in [-0.4, -0.2) is 0 Å². The highest BCUT2D eigenvalue weighted by Gasteiger charge is 2.27. The number of ether oxygens (including phenoxy) is 1. The maximum absolute atomic E-state index is 6.57. The Hall–Kier alpha value is -3.40. The average Bonchev–Trinajstić information content (AvgIpc) is 2.84. The molecule has 0 saturated heterocycles. The maximum Gasteiger partial charge on any atom is 0.166 e. The molecule has 0 fully saturated rings. The van der Waals surface area contributed by atoms with Gasteiger partial charge < -0.3 is 9.64 Å². The first-order valence-corrected chi connectivity index (χ1v) is 11.6. The van der Waals surface area contributed by atoms with Gasteiger partial charge in [0.2, 0.25) is 0 Å². The van der Waals surface area contributed by atoms with Crippen molar-refractivity contribution in [3.63, 3.8) is 0 Å².